The second kappa shape index (κ2) is 15.2. The molecule has 1 heterocycles. The standard InChI is InChI=1S/C35H43F3N6O4/c1-5-29(45)41-30(31(46)44-17-15-43(4)16-18-44)22(2)24-13-14-28(27(36)20-24)40-32(47)34(3,25-10-6-7-11-25)42-33(48)35(37,38)26-12-8-9-23(19-26)21-39/h8-9,12-14,19-20,22,25,30H,5-7,10-11,15-18H2,1-4H3,(H,40,47)(H,41,45)(H,42,48)/t22-,30+,34+/m0/s1. The molecule has 2 fully saturated rings. The van der Waals surface area contributed by atoms with Gasteiger partial charge in [-0.25, -0.2) is 4.39 Å². The Balaban J connectivity index is 1.55. The van der Waals surface area contributed by atoms with Gasteiger partial charge in [-0.3, -0.25) is 19.2 Å². The summed E-state index contributed by atoms with van der Waals surface area (Å²) in [7, 11) is 1.96. The van der Waals surface area contributed by atoms with E-state index in [0.29, 0.717) is 44.6 Å². The number of piperazine rings is 1. The number of nitrogens with zero attached hydrogens (tertiary/aromatic N) is 3. The molecule has 0 spiro atoms. The molecule has 2 aromatic carbocycles. The van der Waals surface area contributed by atoms with E-state index >= 15 is 13.2 Å². The summed E-state index contributed by atoms with van der Waals surface area (Å²) in [6.45, 7) is 7.10. The third-order valence-electron chi connectivity index (χ3n) is 9.64. The Morgan fingerprint density at radius 2 is 1.69 bits per heavy atom. The van der Waals surface area contributed by atoms with E-state index < -0.39 is 52.5 Å². The molecule has 48 heavy (non-hydrogen) atoms. The normalized spacial score (nSPS) is 18.2. The summed E-state index contributed by atoms with van der Waals surface area (Å²) in [5.74, 6) is -9.17. The molecule has 1 aliphatic heterocycles. The molecule has 258 valence electrons. The zero-order chi connectivity index (χ0) is 35.2. The number of nitrogens with one attached hydrogen (secondary N) is 3. The first-order valence-electron chi connectivity index (χ1n) is 16.3. The number of anilines is 1. The van der Waals surface area contributed by atoms with Crippen molar-refractivity contribution < 1.29 is 32.3 Å². The molecule has 1 saturated heterocycles. The van der Waals surface area contributed by atoms with Crippen LogP contribution in [-0.2, 0) is 25.1 Å². The Kier molecular flexibility index (Phi) is 11.5. The quantitative estimate of drug-likeness (QED) is 0.328. The van der Waals surface area contributed by atoms with Gasteiger partial charge in [0.15, 0.2) is 0 Å². The van der Waals surface area contributed by atoms with Gasteiger partial charge in [0.1, 0.15) is 17.4 Å². The molecule has 3 N–H and O–H groups in total. The predicted octanol–water partition coefficient (Wildman–Crippen LogP) is 4.27. The zero-order valence-electron chi connectivity index (χ0n) is 27.7. The SMILES string of the molecule is CCC(=O)N[C@@H](C(=O)N1CCN(C)CC1)[C@@H](C)c1ccc(NC(=O)[C@](C)(NC(=O)C(F)(F)c2cccc(C#N)c2)C2CCCC2)c(F)c1. The van der Waals surface area contributed by atoms with Crippen molar-refractivity contribution in [3.05, 3.63) is 65.0 Å². The molecule has 10 nitrogen and oxygen atoms in total. The lowest BCUT2D eigenvalue weighted by Gasteiger charge is -2.36. The maximum absolute atomic E-state index is 15.6. The van der Waals surface area contributed by atoms with Crippen molar-refractivity contribution in [2.24, 2.45) is 5.92 Å². The Hall–Kier alpha value is -4.44. The van der Waals surface area contributed by atoms with Crippen molar-refractivity contribution in [1.29, 1.82) is 5.26 Å². The number of likely N-dealkylation sites (N-methyl/N-ethyl adjacent to an activating group) is 1. The maximum Gasteiger partial charge on any atom is 0.349 e. The van der Waals surface area contributed by atoms with E-state index in [1.807, 2.05) is 7.05 Å². The summed E-state index contributed by atoms with van der Waals surface area (Å²) < 4.78 is 46.3. The van der Waals surface area contributed by atoms with Gasteiger partial charge in [0.2, 0.25) is 17.7 Å². The lowest BCUT2D eigenvalue weighted by molar-refractivity contribution is -0.151. The molecule has 0 unspecified atom stereocenters. The first kappa shape index (κ1) is 36.4. The molecule has 4 rings (SSSR count). The summed E-state index contributed by atoms with van der Waals surface area (Å²) in [5, 5.41) is 16.7. The molecule has 0 aromatic heterocycles. The molecule has 0 radical (unpaired) electrons. The summed E-state index contributed by atoms with van der Waals surface area (Å²) in [5.41, 5.74) is -2.38. The van der Waals surface area contributed by atoms with Crippen molar-refractivity contribution in [3.63, 3.8) is 0 Å². The Morgan fingerprint density at radius 1 is 1.02 bits per heavy atom. The first-order valence-corrected chi connectivity index (χ1v) is 16.3. The predicted molar refractivity (Wildman–Crippen MR) is 173 cm³/mol. The van der Waals surface area contributed by atoms with Gasteiger partial charge in [-0.05, 0) is 62.6 Å². The van der Waals surface area contributed by atoms with Gasteiger partial charge < -0.3 is 25.8 Å². The number of amides is 4. The summed E-state index contributed by atoms with van der Waals surface area (Å²) in [6.07, 6.45) is 2.60. The number of halogens is 3. The van der Waals surface area contributed by atoms with Crippen LogP contribution in [0, 0.1) is 23.1 Å². The molecule has 2 aliphatic rings. The van der Waals surface area contributed by atoms with E-state index in [1.165, 1.54) is 37.3 Å². The van der Waals surface area contributed by atoms with Gasteiger partial charge >= 0.3 is 5.92 Å². The molecular weight excluding hydrogens is 625 g/mol. The Labute approximate surface area is 279 Å². The molecule has 1 aliphatic carbocycles. The van der Waals surface area contributed by atoms with E-state index in [-0.39, 0.29) is 29.5 Å². The minimum atomic E-state index is -4.05. The number of carbonyl (C=O) groups is 4. The third-order valence-corrected chi connectivity index (χ3v) is 9.64. The van der Waals surface area contributed by atoms with E-state index in [9.17, 15) is 19.2 Å². The van der Waals surface area contributed by atoms with Crippen molar-refractivity contribution in [3.8, 4) is 6.07 Å². The minimum absolute atomic E-state index is 0.0488. The highest BCUT2D eigenvalue weighted by Gasteiger charge is 2.50. The highest BCUT2D eigenvalue weighted by atomic mass is 19.3. The van der Waals surface area contributed by atoms with Gasteiger partial charge in [0.05, 0.1) is 17.3 Å². The van der Waals surface area contributed by atoms with Gasteiger partial charge in [0, 0.05) is 44.1 Å². The van der Waals surface area contributed by atoms with Crippen LogP contribution in [0.4, 0.5) is 18.9 Å². The van der Waals surface area contributed by atoms with Crippen LogP contribution in [0.15, 0.2) is 42.5 Å². The lowest BCUT2D eigenvalue weighted by Crippen LogP contribution is -2.61. The molecule has 2 aromatic rings. The number of benzene rings is 2. The van der Waals surface area contributed by atoms with Crippen LogP contribution in [0.3, 0.4) is 0 Å². The van der Waals surface area contributed by atoms with Crippen LogP contribution in [0.2, 0.25) is 0 Å². The van der Waals surface area contributed by atoms with Crippen molar-refractivity contribution in [1.82, 2.24) is 20.4 Å². The van der Waals surface area contributed by atoms with Crippen LogP contribution in [-0.4, -0.2) is 78.2 Å². The van der Waals surface area contributed by atoms with Crippen LogP contribution in [0.25, 0.3) is 0 Å². The largest absolute Gasteiger partial charge is 0.349 e. The van der Waals surface area contributed by atoms with Gasteiger partial charge in [-0.15, -0.1) is 0 Å². The molecule has 1 saturated carbocycles. The van der Waals surface area contributed by atoms with E-state index in [0.717, 1.165) is 25.0 Å². The fourth-order valence-electron chi connectivity index (χ4n) is 6.34. The Morgan fingerprint density at radius 3 is 2.29 bits per heavy atom. The highest BCUT2D eigenvalue weighted by Crippen LogP contribution is 2.37. The fourth-order valence-corrected chi connectivity index (χ4v) is 6.34. The van der Waals surface area contributed by atoms with Crippen LogP contribution < -0.4 is 16.0 Å². The topological polar surface area (TPSA) is 135 Å². The molecule has 3 atom stereocenters. The molecule has 4 amide bonds. The second-order valence-corrected chi connectivity index (χ2v) is 12.9. The fraction of sp³-hybridized carbons (Fsp3) is 0.514. The summed E-state index contributed by atoms with van der Waals surface area (Å²) in [6, 6.07) is 9.37. The zero-order valence-corrected chi connectivity index (χ0v) is 27.7. The van der Waals surface area contributed by atoms with E-state index in [1.54, 1.807) is 24.8 Å². The van der Waals surface area contributed by atoms with Gasteiger partial charge in [0.25, 0.3) is 5.91 Å². The molecule has 13 heteroatoms. The average molecular weight is 669 g/mol. The summed E-state index contributed by atoms with van der Waals surface area (Å²) >= 11 is 0. The van der Waals surface area contributed by atoms with E-state index in [4.69, 9.17) is 5.26 Å². The first-order chi connectivity index (χ1) is 22.7. The van der Waals surface area contributed by atoms with E-state index in [2.05, 4.69) is 20.9 Å². The third kappa shape index (κ3) is 7.98. The number of carbonyl (C=O) groups excluding carboxylic acids is 4. The average Bonchev–Trinajstić information content (AvgIpc) is 3.63. The Bertz CT molecular complexity index is 1570. The summed E-state index contributed by atoms with van der Waals surface area (Å²) in [4.78, 5) is 56.5. The minimum Gasteiger partial charge on any atom is -0.344 e. The number of hydrogen-bond acceptors (Lipinski definition) is 6. The molecular formula is C35H43F3N6O4. The van der Waals surface area contributed by atoms with Crippen molar-refractivity contribution >= 4 is 29.3 Å². The smallest absolute Gasteiger partial charge is 0.344 e. The van der Waals surface area contributed by atoms with Crippen LogP contribution >= 0.6 is 0 Å². The van der Waals surface area contributed by atoms with Crippen molar-refractivity contribution in [2.45, 2.75) is 76.3 Å². The number of hydrogen-bond donors (Lipinski definition) is 3. The van der Waals surface area contributed by atoms with Gasteiger partial charge in [-0.2, -0.15) is 14.0 Å². The lowest BCUT2D eigenvalue weighted by atomic mass is 9.82. The van der Waals surface area contributed by atoms with Gasteiger partial charge in [-0.1, -0.05) is 44.9 Å². The number of alkyl halides is 2. The second-order valence-electron chi connectivity index (χ2n) is 12.9. The highest BCUT2D eigenvalue weighted by molar-refractivity contribution is 6.01. The molecule has 0 bridgehead atoms. The number of rotatable bonds is 11. The monoisotopic (exact) mass is 668 g/mol. The van der Waals surface area contributed by atoms with Crippen molar-refractivity contribution in [2.75, 3.05) is 38.5 Å². The maximum atomic E-state index is 15.6. The number of nitriles is 1. The van der Waals surface area contributed by atoms with Crippen LogP contribution in [0.5, 0.6) is 0 Å². The van der Waals surface area contributed by atoms with Crippen LogP contribution in [0.1, 0.15) is 75.5 Å².